The Kier molecular flexibility index (Phi) is 3.61. The maximum atomic E-state index is 12.4. The van der Waals surface area contributed by atoms with Gasteiger partial charge >= 0.3 is 0 Å². The zero-order valence-electron chi connectivity index (χ0n) is 9.54. The van der Waals surface area contributed by atoms with Gasteiger partial charge in [-0.05, 0) is 25.0 Å². The largest absolute Gasteiger partial charge is 0.368 e. The Bertz CT molecular complexity index is 573. The van der Waals surface area contributed by atoms with Gasteiger partial charge in [0.25, 0.3) is 0 Å². The van der Waals surface area contributed by atoms with Gasteiger partial charge in [0.15, 0.2) is 0 Å². The van der Waals surface area contributed by atoms with Gasteiger partial charge in [-0.25, -0.2) is 8.42 Å². The van der Waals surface area contributed by atoms with E-state index in [9.17, 15) is 13.2 Å². The van der Waals surface area contributed by atoms with Gasteiger partial charge < -0.3 is 5.73 Å². The summed E-state index contributed by atoms with van der Waals surface area (Å²) in [4.78, 5) is 11.3. The van der Waals surface area contributed by atoms with Crippen molar-refractivity contribution in [2.75, 3.05) is 6.54 Å². The molecule has 2 rings (SSSR count). The average Bonchev–Trinajstić information content (AvgIpc) is 2.78. The summed E-state index contributed by atoms with van der Waals surface area (Å²) in [5.41, 5.74) is 5.22. The van der Waals surface area contributed by atoms with E-state index in [1.807, 2.05) is 0 Å². The van der Waals surface area contributed by atoms with Crippen LogP contribution in [0.1, 0.15) is 12.8 Å². The van der Waals surface area contributed by atoms with E-state index >= 15 is 0 Å². The molecule has 1 heterocycles. The standard InChI is InChI=1S/C11H13ClN2O3S/c12-8-4-1-2-6-10(8)18(16,17)14-7-3-5-9(14)11(13)15/h1-2,4,6,9H,3,5,7H2,(H2,13,15)/t9-/m0/s1. The maximum absolute atomic E-state index is 12.4. The van der Waals surface area contributed by atoms with Crippen LogP contribution in [0, 0.1) is 0 Å². The number of carbonyl (C=O) groups excluding carboxylic acids is 1. The molecule has 18 heavy (non-hydrogen) atoms. The molecule has 1 fully saturated rings. The number of halogens is 1. The van der Waals surface area contributed by atoms with E-state index in [4.69, 9.17) is 17.3 Å². The molecule has 98 valence electrons. The zero-order valence-corrected chi connectivity index (χ0v) is 11.1. The van der Waals surface area contributed by atoms with Crippen LogP contribution < -0.4 is 5.73 Å². The van der Waals surface area contributed by atoms with Crippen LogP contribution in [0.3, 0.4) is 0 Å². The summed E-state index contributed by atoms with van der Waals surface area (Å²) < 4.78 is 25.9. The highest BCUT2D eigenvalue weighted by molar-refractivity contribution is 7.89. The molecule has 0 aliphatic carbocycles. The molecule has 0 unspecified atom stereocenters. The minimum absolute atomic E-state index is 0.0137. The highest BCUT2D eigenvalue weighted by Crippen LogP contribution is 2.29. The van der Waals surface area contributed by atoms with Crippen molar-refractivity contribution in [3.63, 3.8) is 0 Å². The second-order valence-corrected chi connectivity index (χ2v) is 6.37. The molecule has 1 saturated heterocycles. The van der Waals surface area contributed by atoms with Crippen LogP contribution in [-0.4, -0.2) is 31.2 Å². The predicted octanol–water partition coefficient (Wildman–Crippen LogP) is 0.978. The van der Waals surface area contributed by atoms with Gasteiger partial charge in [-0.2, -0.15) is 4.31 Å². The molecular formula is C11H13ClN2O3S. The van der Waals surface area contributed by atoms with Crippen LogP contribution in [0.15, 0.2) is 29.2 Å². The normalized spacial score (nSPS) is 21.1. The molecule has 2 N–H and O–H groups in total. The smallest absolute Gasteiger partial charge is 0.245 e. The van der Waals surface area contributed by atoms with Gasteiger partial charge in [-0.1, -0.05) is 23.7 Å². The quantitative estimate of drug-likeness (QED) is 0.900. The van der Waals surface area contributed by atoms with Crippen molar-refractivity contribution >= 4 is 27.5 Å². The third-order valence-corrected chi connectivity index (χ3v) is 5.36. The molecule has 1 atom stereocenters. The fourth-order valence-electron chi connectivity index (χ4n) is 2.09. The molecule has 7 heteroatoms. The van der Waals surface area contributed by atoms with E-state index in [-0.39, 0.29) is 9.92 Å². The highest BCUT2D eigenvalue weighted by atomic mass is 35.5. The molecule has 0 aromatic heterocycles. The number of sulfonamides is 1. The number of primary amides is 1. The van der Waals surface area contributed by atoms with Crippen molar-refractivity contribution in [2.45, 2.75) is 23.8 Å². The molecule has 1 aliphatic rings. The van der Waals surface area contributed by atoms with Gasteiger partial charge in [-0.3, -0.25) is 4.79 Å². The minimum atomic E-state index is -3.76. The molecule has 0 saturated carbocycles. The Morgan fingerprint density at radius 3 is 2.67 bits per heavy atom. The summed E-state index contributed by atoms with van der Waals surface area (Å²) in [7, 11) is -3.76. The molecule has 0 radical (unpaired) electrons. The van der Waals surface area contributed by atoms with E-state index < -0.39 is 22.0 Å². The van der Waals surface area contributed by atoms with Crippen molar-refractivity contribution < 1.29 is 13.2 Å². The lowest BCUT2D eigenvalue weighted by molar-refractivity contribution is -0.121. The highest BCUT2D eigenvalue weighted by Gasteiger charge is 2.39. The zero-order chi connectivity index (χ0) is 13.3. The average molecular weight is 289 g/mol. The lowest BCUT2D eigenvalue weighted by Crippen LogP contribution is -2.43. The van der Waals surface area contributed by atoms with Crippen LogP contribution in [0.25, 0.3) is 0 Å². The minimum Gasteiger partial charge on any atom is -0.368 e. The van der Waals surface area contributed by atoms with E-state index in [1.54, 1.807) is 12.1 Å². The van der Waals surface area contributed by atoms with Crippen LogP contribution in [0.5, 0.6) is 0 Å². The summed E-state index contributed by atoms with van der Waals surface area (Å²) in [6.07, 6.45) is 1.08. The van der Waals surface area contributed by atoms with E-state index in [2.05, 4.69) is 0 Å². The Morgan fingerprint density at radius 1 is 1.39 bits per heavy atom. The first kappa shape index (κ1) is 13.3. The van der Waals surface area contributed by atoms with E-state index in [0.29, 0.717) is 19.4 Å². The van der Waals surface area contributed by atoms with Crippen molar-refractivity contribution in [2.24, 2.45) is 5.73 Å². The third kappa shape index (κ3) is 2.23. The summed E-state index contributed by atoms with van der Waals surface area (Å²) in [6, 6.07) is 5.40. The molecule has 0 spiro atoms. The summed E-state index contributed by atoms with van der Waals surface area (Å²) >= 11 is 5.89. The Morgan fingerprint density at radius 2 is 2.06 bits per heavy atom. The number of carbonyl (C=O) groups is 1. The first-order valence-corrected chi connectivity index (χ1v) is 7.32. The number of nitrogens with zero attached hydrogens (tertiary/aromatic N) is 1. The van der Waals surface area contributed by atoms with Crippen molar-refractivity contribution in [1.82, 2.24) is 4.31 Å². The number of nitrogens with two attached hydrogens (primary N) is 1. The number of hydrogen-bond donors (Lipinski definition) is 1. The topological polar surface area (TPSA) is 80.5 Å². The van der Waals surface area contributed by atoms with Gasteiger partial charge in [-0.15, -0.1) is 0 Å². The first-order chi connectivity index (χ1) is 8.44. The van der Waals surface area contributed by atoms with Crippen LogP contribution in [-0.2, 0) is 14.8 Å². The summed E-state index contributed by atoms with van der Waals surface area (Å²) in [5.74, 6) is -0.622. The number of amides is 1. The molecular weight excluding hydrogens is 276 g/mol. The number of hydrogen-bond acceptors (Lipinski definition) is 3. The van der Waals surface area contributed by atoms with E-state index in [1.165, 1.54) is 12.1 Å². The summed E-state index contributed by atoms with van der Waals surface area (Å²) in [5, 5.41) is 0.146. The number of benzene rings is 1. The van der Waals surface area contributed by atoms with Gasteiger partial charge in [0.1, 0.15) is 10.9 Å². The van der Waals surface area contributed by atoms with Gasteiger partial charge in [0.2, 0.25) is 15.9 Å². The summed E-state index contributed by atoms with van der Waals surface area (Å²) in [6.45, 7) is 0.293. The van der Waals surface area contributed by atoms with Crippen LogP contribution in [0.2, 0.25) is 5.02 Å². The molecule has 1 aliphatic heterocycles. The Labute approximate surface area is 111 Å². The second-order valence-electron chi connectivity index (χ2n) is 4.11. The molecule has 0 bridgehead atoms. The van der Waals surface area contributed by atoms with Crippen LogP contribution in [0.4, 0.5) is 0 Å². The second kappa shape index (κ2) is 4.87. The molecule has 5 nitrogen and oxygen atoms in total. The van der Waals surface area contributed by atoms with Crippen LogP contribution >= 0.6 is 11.6 Å². The van der Waals surface area contributed by atoms with Gasteiger partial charge in [0.05, 0.1) is 5.02 Å². The van der Waals surface area contributed by atoms with E-state index in [0.717, 1.165) is 4.31 Å². The van der Waals surface area contributed by atoms with Crippen molar-refractivity contribution in [3.8, 4) is 0 Å². The maximum Gasteiger partial charge on any atom is 0.245 e. The third-order valence-electron chi connectivity index (χ3n) is 2.96. The first-order valence-electron chi connectivity index (χ1n) is 5.50. The van der Waals surface area contributed by atoms with Crippen molar-refractivity contribution in [3.05, 3.63) is 29.3 Å². The Balaban J connectivity index is 2.43. The lowest BCUT2D eigenvalue weighted by atomic mass is 10.2. The van der Waals surface area contributed by atoms with Crippen molar-refractivity contribution in [1.29, 1.82) is 0 Å². The molecule has 1 aromatic rings. The SMILES string of the molecule is NC(=O)[C@@H]1CCCN1S(=O)(=O)c1ccccc1Cl. The van der Waals surface area contributed by atoms with Gasteiger partial charge in [0, 0.05) is 6.54 Å². The number of rotatable bonds is 3. The molecule has 1 aromatic carbocycles. The predicted molar refractivity (Wildman–Crippen MR) is 67.6 cm³/mol. The Hall–Kier alpha value is -1.11. The monoisotopic (exact) mass is 288 g/mol. The lowest BCUT2D eigenvalue weighted by Gasteiger charge is -2.22. The molecule has 1 amide bonds. The fourth-order valence-corrected chi connectivity index (χ4v) is 4.25. The fraction of sp³-hybridized carbons (Fsp3) is 0.364.